The number of halogens is 1. The molecule has 1 aliphatic heterocycles. The zero-order chi connectivity index (χ0) is 17.3. The molecule has 1 aliphatic carbocycles. The summed E-state index contributed by atoms with van der Waals surface area (Å²) < 4.78 is 0. The number of allylic oxidation sites excluding steroid dienone is 3. The van der Waals surface area contributed by atoms with Crippen LogP contribution in [-0.2, 0) is 0 Å². The molecule has 118 valence electrons. The molecule has 0 amide bonds. The summed E-state index contributed by atoms with van der Waals surface area (Å²) in [4.78, 5) is 0. The van der Waals surface area contributed by atoms with Crippen molar-refractivity contribution in [3.05, 3.63) is 57.8 Å². The third-order valence-electron chi connectivity index (χ3n) is 4.67. The highest BCUT2D eigenvalue weighted by Gasteiger charge is 2.54. The molecule has 6 heteroatoms. The molecule has 1 aromatic rings. The van der Waals surface area contributed by atoms with Crippen molar-refractivity contribution in [3.63, 3.8) is 0 Å². The van der Waals surface area contributed by atoms with Crippen molar-refractivity contribution in [1.82, 2.24) is 0 Å². The molecule has 1 heterocycles. The van der Waals surface area contributed by atoms with Crippen molar-refractivity contribution in [3.8, 4) is 18.2 Å². The van der Waals surface area contributed by atoms with Crippen LogP contribution in [0.3, 0.4) is 0 Å². The molecule has 2 N–H and O–H groups in total. The number of nitriles is 3. The molecule has 4 nitrogen and oxygen atoms in total. The van der Waals surface area contributed by atoms with Gasteiger partial charge in [-0.1, -0.05) is 35.9 Å². The quantitative estimate of drug-likeness (QED) is 0.834. The number of benzene rings is 1. The third kappa shape index (κ3) is 2.20. The molecule has 24 heavy (non-hydrogen) atoms. The Labute approximate surface area is 149 Å². The highest BCUT2D eigenvalue weighted by Crippen LogP contribution is 2.55. The number of nitrogens with zero attached hydrogens (tertiary/aromatic N) is 3. The van der Waals surface area contributed by atoms with Gasteiger partial charge in [0, 0.05) is 28.4 Å². The first-order valence-corrected chi connectivity index (χ1v) is 8.89. The van der Waals surface area contributed by atoms with E-state index in [9.17, 15) is 15.8 Å². The lowest BCUT2D eigenvalue weighted by Crippen LogP contribution is -2.43. The van der Waals surface area contributed by atoms with Crippen LogP contribution in [-0.4, -0.2) is 11.5 Å². The van der Waals surface area contributed by atoms with Gasteiger partial charge in [-0.25, -0.2) is 0 Å². The predicted octanol–water partition coefficient (Wildman–Crippen LogP) is 3.50. The molecule has 0 aromatic heterocycles. The van der Waals surface area contributed by atoms with Crippen LogP contribution in [0.25, 0.3) is 0 Å². The monoisotopic (exact) mass is 352 g/mol. The maximum absolute atomic E-state index is 9.87. The summed E-state index contributed by atoms with van der Waals surface area (Å²) in [5.74, 6) is 0.846. The van der Waals surface area contributed by atoms with Crippen LogP contribution in [0.2, 0.25) is 5.02 Å². The summed E-state index contributed by atoms with van der Waals surface area (Å²) in [5.41, 5.74) is 6.46. The van der Waals surface area contributed by atoms with E-state index >= 15 is 0 Å². The molecule has 2 atom stereocenters. The van der Waals surface area contributed by atoms with Gasteiger partial charge in [0.15, 0.2) is 5.41 Å². The van der Waals surface area contributed by atoms with Crippen molar-refractivity contribution >= 4 is 23.4 Å². The molecule has 0 saturated heterocycles. The van der Waals surface area contributed by atoms with Gasteiger partial charge in [0.05, 0.1) is 23.4 Å². The van der Waals surface area contributed by atoms with E-state index in [1.54, 1.807) is 23.9 Å². The van der Waals surface area contributed by atoms with E-state index in [1.165, 1.54) is 0 Å². The van der Waals surface area contributed by atoms with Gasteiger partial charge in [-0.05, 0) is 17.2 Å². The van der Waals surface area contributed by atoms with Crippen molar-refractivity contribution < 1.29 is 0 Å². The van der Waals surface area contributed by atoms with Crippen molar-refractivity contribution in [1.29, 1.82) is 15.8 Å². The lowest BCUT2D eigenvalue weighted by molar-refractivity contribution is 0.368. The molecule has 3 rings (SSSR count). The first kappa shape index (κ1) is 16.5. The second-order valence-corrected chi connectivity index (χ2v) is 7.22. The fraction of sp³-hybridized carbons (Fsp3) is 0.278. The molecule has 2 aliphatic rings. The number of hydrogen-bond donors (Lipinski definition) is 1. The molecule has 1 aromatic carbocycles. The lowest BCUT2D eigenvalue weighted by atomic mass is 9.59. The number of rotatable bonds is 1. The van der Waals surface area contributed by atoms with Crippen molar-refractivity contribution in [2.45, 2.75) is 5.92 Å². The summed E-state index contributed by atoms with van der Waals surface area (Å²) in [7, 11) is 0. The number of hydrogen-bond acceptors (Lipinski definition) is 5. The summed E-state index contributed by atoms with van der Waals surface area (Å²) >= 11 is 8.09. The van der Waals surface area contributed by atoms with Crippen LogP contribution in [0.1, 0.15) is 11.5 Å². The number of thioether (sulfide) groups is 1. The third-order valence-corrected chi connectivity index (χ3v) is 6.02. The Kier molecular flexibility index (Phi) is 4.29. The van der Waals surface area contributed by atoms with Gasteiger partial charge >= 0.3 is 0 Å². The Hall–Kier alpha value is -2.39. The summed E-state index contributed by atoms with van der Waals surface area (Å²) in [6.45, 7) is 0. The highest BCUT2D eigenvalue weighted by atomic mass is 35.5. The zero-order valence-corrected chi connectivity index (χ0v) is 14.2. The molecule has 0 radical (unpaired) electrons. The Bertz CT molecular complexity index is 868. The zero-order valence-electron chi connectivity index (χ0n) is 12.7. The average molecular weight is 353 g/mol. The smallest absolute Gasteiger partial charge is 0.191 e. The second kappa shape index (κ2) is 6.25. The largest absolute Gasteiger partial charge is 0.399 e. The average Bonchev–Trinajstić information content (AvgIpc) is 2.62. The topological polar surface area (TPSA) is 97.4 Å². The van der Waals surface area contributed by atoms with Crippen molar-refractivity contribution in [2.75, 3.05) is 11.5 Å². The Morgan fingerprint density at radius 2 is 1.92 bits per heavy atom. The minimum atomic E-state index is -1.60. The number of fused-ring (bicyclic) bond motifs is 1. The maximum Gasteiger partial charge on any atom is 0.191 e. The Morgan fingerprint density at radius 3 is 2.54 bits per heavy atom. The van der Waals surface area contributed by atoms with Gasteiger partial charge in [0.1, 0.15) is 6.07 Å². The highest BCUT2D eigenvalue weighted by molar-refractivity contribution is 7.99. The summed E-state index contributed by atoms with van der Waals surface area (Å²) in [5, 5.41) is 29.8. The van der Waals surface area contributed by atoms with Crippen molar-refractivity contribution in [2.24, 2.45) is 17.1 Å². The van der Waals surface area contributed by atoms with E-state index in [0.717, 1.165) is 16.9 Å². The Morgan fingerprint density at radius 1 is 1.21 bits per heavy atom. The van der Waals surface area contributed by atoms with E-state index in [-0.39, 0.29) is 17.2 Å². The molecule has 0 unspecified atom stereocenters. The van der Waals surface area contributed by atoms with Crippen LogP contribution < -0.4 is 5.73 Å². The van der Waals surface area contributed by atoms with Crippen LogP contribution in [0.15, 0.2) is 47.2 Å². The fourth-order valence-corrected chi connectivity index (χ4v) is 4.87. The first-order valence-electron chi connectivity index (χ1n) is 7.36. The molecule has 0 spiro atoms. The maximum atomic E-state index is 9.87. The standard InChI is InChI=1S/C18H13ClN4S/c19-15-4-2-1-3-12(15)16-14-8-24-6-5-11(14)13(7-20)17(23)18(16,9-21)10-22/h1-5,14,16H,6,8,23H2/t14-,16-/m1/s1. The Balaban J connectivity index is 2.37. The normalized spacial score (nSPS) is 24.8. The van der Waals surface area contributed by atoms with E-state index in [1.807, 2.05) is 18.2 Å². The van der Waals surface area contributed by atoms with Crippen LogP contribution in [0, 0.1) is 45.3 Å². The SMILES string of the molecule is N#CC1=C(N)C(C#N)(C#N)[C@H](c2ccccc2Cl)[C@@H]2CSCC=C12. The molecular formula is C18H13ClN4S. The van der Waals surface area contributed by atoms with Gasteiger partial charge in [0.2, 0.25) is 0 Å². The van der Waals surface area contributed by atoms with Gasteiger partial charge in [-0.2, -0.15) is 27.5 Å². The predicted molar refractivity (Wildman–Crippen MR) is 93.6 cm³/mol. The van der Waals surface area contributed by atoms with E-state index < -0.39 is 11.3 Å². The molecule has 0 saturated carbocycles. The number of nitrogens with two attached hydrogens (primary N) is 1. The summed E-state index contributed by atoms with van der Waals surface area (Å²) in [6.07, 6.45) is 1.98. The van der Waals surface area contributed by atoms with Crippen LogP contribution in [0.5, 0.6) is 0 Å². The first-order chi connectivity index (χ1) is 11.6. The molecule has 0 fully saturated rings. The van der Waals surface area contributed by atoms with Gasteiger partial charge in [-0.3, -0.25) is 0 Å². The van der Waals surface area contributed by atoms with Gasteiger partial charge in [0.25, 0.3) is 0 Å². The minimum absolute atomic E-state index is 0.0364. The molecular weight excluding hydrogens is 340 g/mol. The lowest BCUT2D eigenvalue weighted by Gasteiger charge is -2.43. The van der Waals surface area contributed by atoms with Crippen LogP contribution >= 0.6 is 23.4 Å². The van der Waals surface area contributed by atoms with E-state index in [2.05, 4.69) is 18.2 Å². The summed E-state index contributed by atoms with van der Waals surface area (Å²) in [6, 6.07) is 13.5. The fourth-order valence-electron chi connectivity index (χ4n) is 3.56. The van der Waals surface area contributed by atoms with Gasteiger partial charge < -0.3 is 5.73 Å². The molecule has 0 bridgehead atoms. The van der Waals surface area contributed by atoms with Gasteiger partial charge in [-0.15, -0.1) is 0 Å². The second-order valence-electron chi connectivity index (χ2n) is 5.73. The van der Waals surface area contributed by atoms with E-state index in [0.29, 0.717) is 10.8 Å². The van der Waals surface area contributed by atoms with Crippen LogP contribution in [0.4, 0.5) is 0 Å². The van der Waals surface area contributed by atoms with E-state index in [4.69, 9.17) is 17.3 Å². The minimum Gasteiger partial charge on any atom is -0.399 e.